The molecular weight excluding hydrogens is 322 g/mol. The van der Waals surface area contributed by atoms with Gasteiger partial charge in [-0.25, -0.2) is 8.42 Å². The number of rotatable bonds is 5. The number of anilines is 2. The number of piperazine rings is 1. The third kappa shape index (κ3) is 3.39. The van der Waals surface area contributed by atoms with Crippen LogP contribution in [0.2, 0.25) is 0 Å². The summed E-state index contributed by atoms with van der Waals surface area (Å²) in [6.45, 7) is 6.38. The summed E-state index contributed by atoms with van der Waals surface area (Å²) in [5.74, 6) is 0. The van der Waals surface area contributed by atoms with Crippen LogP contribution in [0.15, 0.2) is 58.3 Å². The molecular formula is C18H23N3O2S. The van der Waals surface area contributed by atoms with Gasteiger partial charge in [-0.1, -0.05) is 18.2 Å². The van der Waals surface area contributed by atoms with Crippen LogP contribution in [0.5, 0.6) is 0 Å². The Morgan fingerprint density at radius 1 is 1.08 bits per heavy atom. The van der Waals surface area contributed by atoms with Crippen LogP contribution in [-0.2, 0) is 9.84 Å². The van der Waals surface area contributed by atoms with E-state index in [4.69, 9.17) is 0 Å². The van der Waals surface area contributed by atoms with Crippen molar-refractivity contribution in [1.82, 2.24) is 5.32 Å². The van der Waals surface area contributed by atoms with Crippen molar-refractivity contribution < 1.29 is 8.42 Å². The highest BCUT2D eigenvalue weighted by atomic mass is 32.2. The average molecular weight is 345 g/mol. The van der Waals surface area contributed by atoms with Crippen molar-refractivity contribution in [3.05, 3.63) is 48.5 Å². The molecule has 128 valence electrons. The number of nitrogens with one attached hydrogen (secondary N) is 2. The first-order chi connectivity index (χ1) is 11.6. The van der Waals surface area contributed by atoms with E-state index >= 15 is 0 Å². The van der Waals surface area contributed by atoms with E-state index < -0.39 is 9.84 Å². The highest BCUT2D eigenvalue weighted by molar-refractivity contribution is 7.91. The lowest BCUT2D eigenvalue weighted by Crippen LogP contribution is -2.43. The molecule has 1 heterocycles. The molecule has 0 spiro atoms. The molecule has 0 amide bonds. The summed E-state index contributed by atoms with van der Waals surface area (Å²) in [6.07, 6.45) is 0. The second-order valence-electron chi connectivity index (χ2n) is 5.76. The van der Waals surface area contributed by atoms with Crippen LogP contribution in [0.25, 0.3) is 0 Å². The molecule has 0 aromatic heterocycles. The summed E-state index contributed by atoms with van der Waals surface area (Å²) < 4.78 is 25.9. The van der Waals surface area contributed by atoms with Gasteiger partial charge in [0.15, 0.2) is 0 Å². The fraction of sp³-hybridized carbons (Fsp3) is 0.333. The van der Waals surface area contributed by atoms with Crippen LogP contribution in [-0.4, -0.2) is 41.1 Å². The Morgan fingerprint density at radius 3 is 2.46 bits per heavy atom. The van der Waals surface area contributed by atoms with Gasteiger partial charge in [-0.2, -0.15) is 0 Å². The average Bonchev–Trinajstić information content (AvgIpc) is 2.63. The minimum absolute atomic E-state index is 0.319. The van der Waals surface area contributed by atoms with Crippen LogP contribution in [0.3, 0.4) is 0 Å². The molecule has 2 N–H and O–H groups in total. The Morgan fingerprint density at radius 2 is 1.79 bits per heavy atom. The molecule has 0 unspecified atom stereocenters. The first kappa shape index (κ1) is 16.8. The maximum Gasteiger partial charge on any atom is 0.208 e. The second-order valence-corrected chi connectivity index (χ2v) is 7.68. The fourth-order valence-corrected chi connectivity index (χ4v) is 4.36. The Kier molecular flexibility index (Phi) is 5.06. The van der Waals surface area contributed by atoms with Gasteiger partial charge in [0.2, 0.25) is 9.84 Å². The highest BCUT2D eigenvalue weighted by Gasteiger charge is 2.22. The largest absolute Gasteiger partial charge is 0.384 e. The summed E-state index contributed by atoms with van der Waals surface area (Å²) in [7, 11) is -3.53. The van der Waals surface area contributed by atoms with E-state index in [1.807, 2.05) is 25.1 Å². The van der Waals surface area contributed by atoms with Crippen LogP contribution in [0.1, 0.15) is 6.92 Å². The maximum absolute atomic E-state index is 13.0. The van der Waals surface area contributed by atoms with Gasteiger partial charge in [0.1, 0.15) is 0 Å². The van der Waals surface area contributed by atoms with Gasteiger partial charge in [-0.15, -0.1) is 0 Å². The number of hydrogen-bond acceptors (Lipinski definition) is 5. The van der Waals surface area contributed by atoms with Gasteiger partial charge in [-0.05, 0) is 37.3 Å². The van der Waals surface area contributed by atoms with Crippen molar-refractivity contribution in [2.45, 2.75) is 16.7 Å². The molecule has 0 aliphatic carbocycles. The molecule has 0 radical (unpaired) electrons. The van der Waals surface area contributed by atoms with E-state index in [-0.39, 0.29) is 0 Å². The maximum atomic E-state index is 13.0. The van der Waals surface area contributed by atoms with Crippen molar-refractivity contribution in [1.29, 1.82) is 0 Å². The van der Waals surface area contributed by atoms with Gasteiger partial charge in [0.25, 0.3) is 0 Å². The summed E-state index contributed by atoms with van der Waals surface area (Å²) >= 11 is 0. The highest BCUT2D eigenvalue weighted by Crippen LogP contribution is 2.31. The lowest BCUT2D eigenvalue weighted by molar-refractivity contribution is 0.588. The minimum atomic E-state index is -3.53. The summed E-state index contributed by atoms with van der Waals surface area (Å²) in [6, 6.07) is 14.1. The van der Waals surface area contributed by atoms with E-state index in [1.165, 1.54) is 0 Å². The third-order valence-corrected chi connectivity index (χ3v) is 5.98. The van der Waals surface area contributed by atoms with Gasteiger partial charge in [0.05, 0.1) is 15.5 Å². The predicted octanol–water partition coefficient (Wildman–Crippen LogP) is 2.36. The molecule has 0 atom stereocenters. The molecule has 2 aromatic rings. The molecule has 0 bridgehead atoms. The van der Waals surface area contributed by atoms with Crippen molar-refractivity contribution in [2.75, 3.05) is 42.9 Å². The summed E-state index contributed by atoms with van der Waals surface area (Å²) in [4.78, 5) is 2.92. The molecule has 2 aromatic carbocycles. The Labute approximate surface area is 143 Å². The van der Waals surface area contributed by atoms with Crippen molar-refractivity contribution in [3.63, 3.8) is 0 Å². The molecule has 1 aliphatic heterocycles. The molecule has 24 heavy (non-hydrogen) atoms. The quantitative estimate of drug-likeness (QED) is 0.871. The lowest BCUT2D eigenvalue weighted by Gasteiger charge is -2.30. The number of sulfone groups is 1. The smallest absolute Gasteiger partial charge is 0.208 e. The zero-order chi connectivity index (χ0) is 17.0. The zero-order valence-corrected chi connectivity index (χ0v) is 14.6. The van der Waals surface area contributed by atoms with Gasteiger partial charge in [0, 0.05) is 38.4 Å². The monoisotopic (exact) mass is 345 g/mol. The Balaban J connectivity index is 2.01. The molecule has 5 nitrogen and oxygen atoms in total. The normalized spacial score (nSPS) is 15.3. The first-order valence-electron chi connectivity index (χ1n) is 8.26. The predicted molar refractivity (Wildman–Crippen MR) is 97.6 cm³/mol. The van der Waals surface area contributed by atoms with E-state index in [0.717, 1.165) is 31.9 Å². The van der Waals surface area contributed by atoms with Crippen molar-refractivity contribution in [3.8, 4) is 0 Å². The fourth-order valence-electron chi connectivity index (χ4n) is 2.93. The van der Waals surface area contributed by atoms with E-state index in [1.54, 1.807) is 30.3 Å². The number of hydrogen-bond donors (Lipinski definition) is 2. The van der Waals surface area contributed by atoms with Crippen LogP contribution in [0, 0.1) is 0 Å². The van der Waals surface area contributed by atoms with E-state index in [2.05, 4.69) is 15.5 Å². The zero-order valence-electron chi connectivity index (χ0n) is 13.8. The van der Waals surface area contributed by atoms with Gasteiger partial charge in [-0.3, -0.25) is 0 Å². The van der Waals surface area contributed by atoms with Gasteiger partial charge < -0.3 is 15.5 Å². The van der Waals surface area contributed by atoms with E-state index in [0.29, 0.717) is 22.0 Å². The van der Waals surface area contributed by atoms with Crippen LogP contribution < -0.4 is 15.5 Å². The topological polar surface area (TPSA) is 61.4 Å². The molecule has 1 fully saturated rings. The number of nitrogens with zero attached hydrogens (tertiary/aromatic N) is 1. The molecule has 3 rings (SSSR count). The Hall–Kier alpha value is -2.05. The standard InChI is InChI=1S/C18H23N3O2S/c1-2-20-17-14-15(21-12-10-19-11-13-21)8-9-18(17)24(22,23)16-6-4-3-5-7-16/h3-9,14,19-20H,2,10-13H2,1H3. The number of benzene rings is 2. The SMILES string of the molecule is CCNc1cc(N2CCNCC2)ccc1S(=O)(=O)c1ccccc1. The second kappa shape index (κ2) is 7.23. The molecule has 0 saturated carbocycles. The van der Waals surface area contributed by atoms with E-state index in [9.17, 15) is 8.42 Å². The summed E-state index contributed by atoms with van der Waals surface area (Å²) in [5, 5.41) is 6.54. The van der Waals surface area contributed by atoms with Crippen molar-refractivity contribution >= 4 is 21.2 Å². The minimum Gasteiger partial charge on any atom is -0.384 e. The van der Waals surface area contributed by atoms with Crippen LogP contribution in [0.4, 0.5) is 11.4 Å². The van der Waals surface area contributed by atoms with Crippen LogP contribution >= 0.6 is 0 Å². The lowest BCUT2D eigenvalue weighted by atomic mass is 10.2. The van der Waals surface area contributed by atoms with Crippen molar-refractivity contribution in [2.24, 2.45) is 0 Å². The molecule has 1 aliphatic rings. The Bertz CT molecular complexity index is 785. The summed E-state index contributed by atoms with van der Waals surface area (Å²) in [5.41, 5.74) is 1.72. The molecule has 1 saturated heterocycles. The molecule has 6 heteroatoms. The third-order valence-electron chi connectivity index (χ3n) is 4.16. The first-order valence-corrected chi connectivity index (χ1v) is 9.75. The van der Waals surface area contributed by atoms with Gasteiger partial charge >= 0.3 is 0 Å².